The van der Waals surface area contributed by atoms with Crippen molar-refractivity contribution < 1.29 is 0 Å². The molecule has 18 heavy (non-hydrogen) atoms. The van der Waals surface area contributed by atoms with E-state index in [1.54, 1.807) is 0 Å². The Morgan fingerprint density at radius 2 is 2.17 bits per heavy atom. The Bertz CT molecular complexity index is 355. The van der Waals surface area contributed by atoms with Gasteiger partial charge in [0, 0.05) is 24.8 Å². The van der Waals surface area contributed by atoms with Crippen molar-refractivity contribution in [1.82, 2.24) is 9.88 Å². The van der Waals surface area contributed by atoms with Crippen LogP contribution in [-0.4, -0.2) is 28.5 Å². The van der Waals surface area contributed by atoms with E-state index >= 15 is 0 Å². The zero-order valence-corrected chi connectivity index (χ0v) is 11.6. The van der Waals surface area contributed by atoms with Crippen LogP contribution in [0.4, 0.5) is 0 Å². The smallest absolute Gasteiger partial charge is 0.0544 e. The Balaban J connectivity index is 2.15. The highest BCUT2D eigenvalue weighted by atomic mass is 15.2. The zero-order valence-electron chi connectivity index (χ0n) is 11.6. The summed E-state index contributed by atoms with van der Waals surface area (Å²) in [6, 6.07) is 6.13. The van der Waals surface area contributed by atoms with Gasteiger partial charge in [-0.3, -0.25) is 9.88 Å². The first-order valence-corrected chi connectivity index (χ1v) is 7.11. The molecule has 1 aliphatic carbocycles. The second-order valence-electron chi connectivity index (χ2n) is 5.27. The fourth-order valence-corrected chi connectivity index (χ4v) is 3.10. The summed E-state index contributed by atoms with van der Waals surface area (Å²) in [6.07, 6.45) is 5.68. The van der Waals surface area contributed by atoms with Crippen molar-refractivity contribution in [3.8, 4) is 0 Å². The van der Waals surface area contributed by atoms with Gasteiger partial charge in [0.1, 0.15) is 0 Å². The lowest BCUT2D eigenvalue weighted by Gasteiger charge is -2.43. The van der Waals surface area contributed by atoms with Crippen LogP contribution in [0.15, 0.2) is 24.4 Å². The van der Waals surface area contributed by atoms with Crippen LogP contribution >= 0.6 is 0 Å². The van der Waals surface area contributed by atoms with Gasteiger partial charge in [-0.1, -0.05) is 19.9 Å². The maximum absolute atomic E-state index is 6.13. The van der Waals surface area contributed by atoms with E-state index in [0.29, 0.717) is 0 Å². The van der Waals surface area contributed by atoms with Crippen LogP contribution in [0.3, 0.4) is 0 Å². The molecule has 1 heterocycles. The Morgan fingerprint density at radius 3 is 2.61 bits per heavy atom. The van der Waals surface area contributed by atoms with Gasteiger partial charge in [-0.25, -0.2) is 0 Å². The van der Waals surface area contributed by atoms with E-state index < -0.39 is 0 Å². The number of aromatic nitrogens is 1. The van der Waals surface area contributed by atoms with Crippen LogP contribution in [0.5, 0.6) is 0 Å². The molecule has 0 aliphatic heterocycles. The first-order chi connectivity index (χ1) is 8.76. The number of hydrogen-bond donors (Lipinski definition) is 1. The van der Waals surface area contributed by atoms with Gasteiger partial charge >= 0.3 is 0 Å². The molecule has 0 spiro atoms. The van der Waals surface area contributed by atoms with E-state index in [9.17, 15) is 0 Å². The van der Waals surface area contributed by atoms with Gasteiger partial charge in [0.05, 0.1) is 5.69 Å². The number of nitrogens with zero attached hydrogens (tertiary/aromatic N) is 2. The summed E-state index contributed by atoms with van der Waals surface area (Å²) < 4.78 is 0. The van der Waals surface area contributed by atoms with E-state index in [-0.39, 0.29) is 5.54 Å². The third-order valence-electron chi connectivity index (χ3n) is 4.39. The molecule has 0 amide bonds. The lowest BCUT2D eigenvalue weighted by Crippen LogP contribution is -2.54. The summed E-state index contributed by atoms with van der Waals surface area (Å²) in [6.45, 7) is 7.21. The standard InChI is InChI=1S/C15H25N3/c1-3-15(12-16,13-8-9-13)18(4-2)11-14-7-5-6-10-17-14/h5-7,10,13H,3-4,8-9,11-12,16H2,1-2H3. The Hall–Kier alpha value is -0.930. The molecule has 1 aromatic heterocycles. The second-order valence-corrected chi connectivity index (χ2v) is 5.27. The molecule has 1 fully saturated rings. The number of nitrogens with two attached hydrogens (primary N) is 1. The van der Waals surface area contributed by atoms with Gasteiger partial charge in [-0.05, 0) is 43.9 Å². The monoisotopic (exact) mass is 247 g/mol. The molecule has 1 aromatic rings. The third-order valence-corrected chi connectivity index (χ3v) is 4.39. The molecule has 2 N–H and O–H groups in total. The number of likely N-dealkylation sites (N-methyl/N-ethyl adjacent to an activating group) is 1. The Morgan fingerprint density at radius 1 is 1.39 bits per heavy atom. The summed E-state index contributed by atoms with van der Waals surface area (Å²) in [5.41, 5.74) is 7.46. The molecule has 3 nitrogen and oxygen atoms in total. The van der Waals surface area contributed by atoms with Crippen molar-refractivity contribution in [1.29, 1.82) is 0 Å². The van der Waals surface area contributed by atoms with Crippen LogP contribution in [-0.2, 0) is 6.54 Å². The number of hydrogen-bond acceptors (Lipinski definition) is 3. The SMILES string of the molecule is CCN(Cc1ccccn1)C(CC)(CN)C1CC1. The van der Waals surface area contributed by atoms with Gasteiger partial charge in [0.15, 0.2) is 0 Å². The highest BCUT2D eigenvalue weighted by Gasteiger charge is 2.46. The van der Waals surface area contributed by atoms with Gasteiger partial charge < -0.3 is 5.73 Å². The molecule has 1 saturated carbocycles. The number of rotatable bonds is 7. The van der Waals surface area contributed by atoms with Crippen molar-refractivity contribution in [2.24, 2.45) is 11.7 Å². The Kier molecular flexibility index (Phi) is 4.36. The lowest BCUT2D eigenvalue weighted by atomic mass is 9.87. The summed E-state index contributed by atoms with van der Waals surface area (Å²) in [5, 5.41) is 0. The van der Waals surface area contributed by atoms with Gasteiger partial charge in [-0.2, -0.15) is 0 Å². The van der Waals surface area contributed by atoms with E-state index in [1.807, 2.05) is 12.3 Å². The molecule has 2 rings (SSSR count). The van der Waals surface area contributed by atoms with Crippen molar-refractivity contribution >= 4 is 0 Å². The van der Waals surface area contributed by atoms with E-state index in [2.05, 4.69) is 35.9 Å². The molecule has 1 atom stereocenters. The van der Waals surface area contributed by atoms with E-state index in [4.69, 9.17) is 5.73 Å². The molecule has 1 aliphatic rings. The van der Waals surface area contributed by atoms with Crippen LogP contribution < -0.4 is 5.73 Å². The minimum Gasteiger partial charge on any atom is -0.329 e. The lowest BCUT2D eigenvalue weighted by molar-refractivity contribution is 0.0645. The van der Waals surface area contributed by atoms with E-state index in [0.717, 1.165) is 37.7 Å². The van der Waals surface area contributed by atoms with Crippen molar-refractivity contribution in [2.45, 2.75) is 45.2 Å². The van der Waals surface area contributed by atoms with Crippen LogP contribution in [0.2, 0.25) is 0 Å². The fraction of sp³-hybridized carbons (Fsp3) is 0.667. The van der Waals surface area contributed by atoms with Gasteiger partial charge in [-0.15, -0.1) is 0 Å². The zero-order chi connectivity index (χ0) is 13.0. The van der Waals surface area contributed by atoms with E-state index in [1.165, 1.54) is 12.8 Å². The number of pyridine rings is 1. The summed E-state index contributed by atoms with van der Waals surface area (Å²) in [5.74, 6) is 0.788. The summed E-state index contributed by atoms with van der Waals surface area (Å²) >= 11 is 0. The highest BCUT2D eigenvalue weighted by Crippen LogP contribution is 2.45. The summed E-state index contributed by atoms with van der Waals surface area (Å²) in [4.78, 5) is 6.98. The quantitative estimate of drug-likeness (QED) is 0.804. The average Bonchev–Trinajstić information content (AvgIpc) is 3.25. The minimum absolute atomic E-state index is 0.187. The van der Waals surface area contributed by atoms with Gasteiger partial charge in [0.25, 0.3) is 0 Å². The summed E-state index contributed by atoms with van der Waals surface area (Å²) in [7, 11) is 0. The van der Waals surface area contributed by atoms with Gasteiger partial charge in [0.2, 0.25) is 0 Å². The molecule has 3 heteroatoms. The molecular formula is C15H25N3. The third kappa shape index (κ3) is 2.57. The van der Waals surface area contributed by atoms with Crippen molar-refractivity contribution in [3.63, 3.8) is 0 Å². The van der Waals surface area contributed by atoms with Crippen molar-refractivity contribution in [3.05, 3.63) is 30.1 Å². The topological polar surface area (TPSA) is 42.2 Å². The molecule has 100 valence electrons. The first kappa shape index (κ1) is 13.5. The predicted molar refractivity (Wildman–Crippen MR) is 75.1 cm³/mol. The average molecular weight is 247 g/mol. The fourth-order valence-electron chi connectivity index (χ4n) is 3.10. The highest BCUT2D eigenvalue weighted by molar-refractivity contribution is 5.08. The normalized spacial score (nSPS) is 18.9. The maximum Gasteiger partial charge on any atom is 0.0544 e. The molecule has 1 unspecified atom stereocenters. The maximum atomic E-state index is 6.13. The van der Waals surface area contributed by atoms with Crippen LogP contribution in [0.1, 0.15) is 38.8 Å². The molecular weight excluding hydrogens is 222 g/mol. The van der Waals surface area contributed by atoms with Crippen LogP contribution in [0.25, 0.3) is 0 Å². The first-order valence-electron chi connectivity index (χ1n) is 7.11. The second kappa shape index (κ2) is 5.81. The van der Waals surface area contributed by atoms with Crippen molar-refractivity contribution in [2.75, 3.05) is 13.1 Å². The molecule has 0 saturated heterocycles. The molecule has 0 radical (unpaired) electrons. The minimum atomic E-state index is 0.187. The molecule has 0 bridgehead atoms. The van der Waals surface area contributed by atoms with Crippen LogP contribution in [0, 0.1) is 5.92 Å². The largest absolute Gasteiger partial charge is 0.329 e. The molecule has 0 aromatic carbocycles. The predicted octanol–water partition coefficient (Wildman–Crippen LogP) is 2.42. The Labute approximate surface area is 110 Å².